The number of benzene rings is 2. The van der Waals surface area contributed by atoms with Crippen LogP contribution in [0.3, 0.4) is 0 Å². The number of carbonyl (C=O) groups excluding carboxylic acids is 1. The molecule has 1 aliphatic heterocycles. The maximum atomic E-state index is 12.8. The maximum absolute atomic E-state index is 12.8. The van der Waals surface area contributed by atoms with Gasteiger partial charge in [0.15, 0.2) is 5.69 Å². The summed E-state index contributed by atoms with van der Waals surface area (Å²) in [4.78, 5) is 22.0. The van der Waals surface area contributed by atoms with Crippen LogP contribution in [0.5, 0.6) is 0 Å². The van der Waals surface area contributed by atoms with Crippen molar-refractivity contribution in [1.29, 1.82) is 0 Å². The first-order valence-corrected chi connectivity index (χ1v) is 10.3. The van der Waals surface area contributed by atoms with E-state index in [1.54, 1.807) is 6.33 Å². The second-order valence-corrected chi connectivity index (χ2v) is 7.49. The fourth-order valence-electron chi connectivity index (χ4n) is 3.57. The van der Waals surface area contributed by atoms with E-state index in [0.717, 1.165) is 33.8 Å². The molecule has 0 saturated carbocycles. The van der Waals surface area contributed by atoms with E-state index < -0.39 is 0 Å². The average molecular weight is 412 g/mol. The van der Waals surface area contributed by atoms with Crippen LogP contribution in [0.4, 0.5) is 0 Å². The van der Waals surface area contributed by atoms with Crippen LogP contribution in [0.25, 0.3) is 5.69 Å². The summed E-state index contributed by atoms with van der Waals surface area (Å²) in [6.07, 6.45) is 7.44. The van der Waals surface area contributed by atoms with Crippen molar-refractivity contribution >= 4 is 11.6 Å². The largest absolute Gasteiger partial charge is 0.377 e. The number of carbonyl (C=O) groups is 1. The van der Waals surface area contributed by atoms with Gasteiger partial charge in [0.1, 0.15) is 6.33 Å². The molecule has 1 aromatic heterocycles. The summed E-state index contributed by atoms with van der Waals surface area (Å²) >= 11 is 0. The van der Waals surface area contributed by atoms with Gasteiger partial charge in [0, 0.05) is 23.2 Å². The molecule has 1 N–H and O–H groups in total. The predicted octanol–water partition coefficient (Wildman–Crippen LogP) is 3.36. The molecule has 2 heterocycles. The minimum Gasteiger partial charge on any atom is -0.377 e. The van der Waals surface area contributed by atoms with Crippen molar-refractivity contribution < 1.29 is 9.53 Å². The summed E-state index contributed by atoms with van der Waals surface area (Å²) in [5.41, 5.74) is 5.52. The number of aliphatic imine (C=N–C) groups is 1. The third kappa shape index (κ3) is 4.27. The first kappa shape index (κ1) is 20.6. The molecule has 3 aromatic rings. The van der Waals surface area contributed by atoms with E-state index in [0.29, 0.717) is 25.4 Å². The van der Waals surface area contributed by atoms with Crippen molar-refractivity contribution in [2.24, 2.45) is 4.99 Å². The van der Waals surface area contributed by atoms with Gasteiger partial charge in [-0.3, -0.25) is 14.4 Å². The number of aromatic nitrogens is 2. The Kier molecular flexibility index (Phi) is 5.96. The van der Waals surface area contributed by atoms with E-state index in [1.165, 1.54) is 0 Å². The van der Waals surface area contributed by atoms with Crippen LogP contribution in [0.1, 0.15) is 46.7 Å². The Morgan fingerprint density at radius 2 is 2.06 bits per heavy atom. The monoisotopic (exact) mass is 412 g/mol. The fourth-order valence-corrected chi connectivity index (χ4v) is 3.57. The molecule has 0 spiro atoms. The summed E-state index contributed by atoms with van der Waals surface area (Å²) in [6, 6.07) is 15.8. The van der Waals surface area contributed by atoms with Gasteiger partial charge in [0.2, 0.25) is 0 Å². The first-order valence-electron chi connectivity index (χ1n) is 10.3. The van der Waals surface area contributed by atoms with Gasteiger partial charge in [-0.2, -0.15) is 0 Å². The molecule has 6 heteroatoms. The van der Waals surface area contributed by atoms with Gasteiger partial charge in [0.05, 0.1) is 36.3 Å². The van der Waals surface area contributed by atoms with E-state index >= 15 is 0 Å². The lowest BCUT2D eigenvalue weighted by Gasteiger charge is -2.12. The summed E-state index contributed by atoms with van der Waals surface area (Å²) in [7, 11) is 0. The lowest BCUT2D eigenvalue weighted by Crippen LogP contribution is -2.29. The molecule has 2 aromatic carbocycles. The summed E-state index contributed by atoms with van der Waals surface area (Å²) in [5, 5.41) is 2.88. The number of nitrogens with one attached hydrogen (secondary N) is 1. The van der Waals surface area contributed by atoms with Gasteiger partial charge in [-0.15, -0.1) is 6.42 Å². The maximum Gasteiger partial charge on any atom is 0.271 e. The Hall–Kier alpha value is -3.69. The number of terminal acetylenes is 1. The molecular weight excluding hydrogens is 388 g/mol. The standard InChI is InChI=1S/C25H24N4O2/c1-4-18-10-11-21-20(14-18)23(19-8-6-5-7-9-19)27-15-22-24(28-16-29(21)22)25(30)26-12-13-31-17(2)3/h1,5-11,14,16-17H,12-13,15H2,2-3H3,(H,26,30). The number of imidazole rings is 1. The number of hydrogen-bond donors (Lipinski definition) is 1. The van der Waals surface area contributed by atoms with E-state index in [1.807, 2.05) is 66.9 Å². The molecule has 0 bridgehead atoms. The summed E-state index contributed by atoms with van der Waals surface area (Å²) < 4.78 is 7.42. The first-order chi connectivity index (χ1) is 15.1. The van der Waals surface area contributed by atoms with E-state index in [4.69, 9.17) is 16.2 Å². The molecule has 31 heavy (non-hydrogen) atoms. The average Bonchev–Trinajstić information content (AvgIpc) is 3.14. The van der Waals surface area contributed by atoms with Gasteiger partial charge < -0.3 is 10.1 Å². The summed E-state index contributed by atoms with van der Waals surface area (Å²) in [5.74, 6) is 2.46. The molecule has 156 valence electrons. The molecule has 0 unspecified atom stereocenters. The van der Waals surface area contributed by atoms with Gasteiger partial charge >= 0.3 is 0 Å². The molecule has 1 aliphatic rings. The van der Waals surface area contributed by atoms with Crippen molar-refractivity contribution in [2.45, 2.75) is 26.5 Å². The molecule has 0 atom stereocenters. The lowest BCUT2D eigenvalue weighted by atomic mass is 9.98. The molecule has 1 amide bonds. The third-order valence-corrected chi connectivity index (χ3v) is 5.03. The molecule has 6 nitrogen and oxygen atoms in total. The Labute approximate surface area is 182 Å². The SMILES string of the molecule is C#Cc1ccc2c(c1)C(c1ccccc1)=NCc1c(C(=O)NCCOC(C)C)ncn1-2. The zero-order valence-electron chi connectivity index (χ0n) is 17.6. The van der Waals surface area contributed by atoms with Crippen molar-refractivity contribution in [1.82, 2.24) is 14.9 Å². The number of ether oxygens (including phenoxy) is 1. The number of amides is 1. The number of nitrogens with zero attached hydrogens (tertiary/aromatic N) is 3. The van der Waals surface area contributed by atoms with E-state index in [-0.39, 0.29) is 12.0 Å². The fraction of sp³-hybridized carbons (Fsp3) is 0.240. The Morgan fingerprint density at radius 1 is 1.26 bits per heavy atom. The molecule has 0 aliphatic carbocycles. The topological polar surface area (TPSA) is 68.5 Å². The van der Waals surface area contributed by atoms with Gasteiger partial charge in [-0.1, -0.05) is 36.3 Å². The zero-order valence-corrected chi connectivity index (χ0v) is 17.6. The number of hydrogen-bond acceptors (Lipinski definition) is 4. The molecule has 4 rings (SSSR count). The Bertz CT molecular complexity index is 1170. The van der Waals surface area contributed by atoms with Crippen molar-refractivity contribution in [2.75, 3.05) is 13.2 Å². The van der Waals surface area contributed by atoms with Crippen molar-refractivity contribution in [3.8, 4) is 18.0 Å². The van der Waals surface area contributed by atoms with Crippen LogP contribution in [0.15, 0.2) is 59.9 Å². The Balaban J connectivity index is 1.72. The second-order valence-electron chi connectivity index (χ2n) is 7.49. The van der Waals surface area contributed by atoms with Gasteiger partial charge in [0.25, 0.3) is 5.91 Å². The third-order valence-electron chi connectivity index (χ3n) is 5.03. The highest BCUT2D eigenvalue weighted by atomic mass is 16.5. The predicted molar refractivity (Wildman–Crippen MR) is 121 cm³/mol. The highest BCUT2D eigenvalue weighted by Crippen LogP contribution is 2.27. The summed E-state index contributed by atoms with van der Waals surface area (Å²) in [6.45, 7) is 5.12. The second kappa shape index (κ2) is 8.99. The molecule has 0 radical (unpaired) electrons. The minimum absolute atomic E-state index is 0.121. The van der Waals surface area contributed by atoms with Crippen LogP contribution in [0, 0.1) is 12.3 Å². The highest BCUT2D eigenvalue weighted by molar-refractivity contribution is 6.15. The van der Waals surface area contributed by atoms with E-state index in [9.17, 15) is 4.79 Å². The van der Waals surface area contributed by atoms with Crippen LogP contribution >= 0.6 is 0 Å². The lowest BCUT2D eigenvalue weighted by molar-refractivity contribution is 0.0744. The molecule has 0 saturated heterocycles. The van der Waals surface area contributed by atoms with Crippen molar-refractivity contribution in [3.63, 3.8) is 0 Å². The Morgan fingerprint density at radius 3 is 2.81 bits per heavy atom. The van der Waals surface area contributed by atoms with Gasteiger partial charge in [-0.25, -0.2) is 4.98 Å². The molecular formula is C25H24N4O2. The quantitative estimate of drug-likeness (QED) is 0.499. The van der Waals surface area contributed by atoms with Crippen LogP contribution < -0.4 is 5.32 Å². The van der Waals surface area contributed by atoms with E-state index in [2.05, 4.69) is 16.2 Å². The zero-order chi connectivity index (χ0) is 21.8. The normalized spacial score (nSPS) is 12.4. The van der Waals surface area contributed by atoms with Crippen LogP contribution in [0.2, 0.25) is 0 Å². The van der Waals surface area contributed by atoms with Crippen LogP contribution in [-0.4, -0.2) is 40.4 Å². The van der Waals surface area contributed by atoms with Crippen molar-refractivity contribution in [3.05, 3.63) is 82.9 Å². The number of fused-ring (bicyclic) bond motifs is 3. The highest BCUT2D eigenvalue weighted by Gasteiger charge is 2.24. The molecule has 0 fully saturated rings. The van der Waals surface area contributed by atoms with Crippen LogP contribution in [-0.2, 0) is 11.3 Å². The minimum atomic E-state index is -0.235. The van der Waals surface area contributed by atoms with Gasteiger partial charge in [-0.05, 0) is 32.0 Å². The number of rotatable bonds is 6. The smallest absolute Gasteiger partial charge is 0.271 e.